The Bertz CT molecular complexity index is 695. The molecule has 18 heavy (non-hydrogen) atoms. The second-order valence-corrected chi connectivity index (χ2v) is 3.77. The zero-order valence-electron chi connectivity index (χ0n) is 8.94. The number of fused-ring (bicyclic) bond motifs is 1. The average Bonchev–Trinajstić information content (AvgIpc) is 2.96. The number of aromatic nitrogens is 4. The molecule has 3 aromatic heterocycles. The van der Waals surface area contributed by atoms with E-state index in [4.69, 9.17) is 0 Å². The molecule has 92 valence electrons. The van der Waals surface area contributed by atoms with E-state index >= 15 is 0 Å². The number of H-pyrrole nitrogens is 1. The molecule has 4 nitrogen and oxygen atoms in total. The van der Waals surface area contributed by atoms with E-state index in [2.05, 4.69) is 10.1 Å². The maximum absolute atomic E-state index is 12.7. The number of aromatic amines is 1. The van der Waals surface area contributed by atoms with Crippen LogP contribution in [0.4, 0.5) is 13.2 Å². The molecule has 0 amide bonds. The molecule has 3 heterocycles. The van der Waals surface area contributed by atoms with Crippen molar-refractivity contribution in [3.63, 3.8) is 0 Å². The fourth-order valence-electron chi connectivity index (χ4n) is 1.80. The minimum Gasteiger partial charge on any atom is -0.306 e. The van der Waals surface area contributed by atoms with E-state index in [1.54, 1.807) is 35.1 Å². The molecule has 0 spiro atoms. The first-order valence-electron chi connectivity index (χ1n) is 5.09. The number of nitrogens with zero attached hydrogens (tertiary/aromatic N) is 3. The van der Waals surface area contributed by atoms with E-state index in [0.29, 0.717) is 11.2 Å². The second-order valence-electron chi connectivity index (χ2n) is 3.77. The molecular weight excluding hydrogens is 245 g/mol. The molecule has 0 atom stereocenters. The van der Waals surface area contributed by atoms with Gasteiger partial charge in [-0.25, -0.2) is 4.98 Å². The lowest BCUT2D eigenvalue weighted by molar-refractivity contribution is -0.140. The molecule has 7 heteroatoms. The first-order chi connectivity index (χ1) is 8.55. The number of halogens is 3. The fraction of sp³-hybridized carbons (Fsp3) is 0.0909. The number of rotatable bonds is 1. The van der Waals surface area contributed by atoms with Gasteiger partial charge in [-0.05, 0) is 12.1 Å². The minimum atomic E-state index is -4.45. The maximum Gasteiger partial charge on any atom is 0.433 e. The van der Waals surface area contributed by atoms with Crippen LogP contribution < -0.4 is 0 Å². The summed E-state index contributed by atoms with van der Waals surface area (Å²) in [5.74, 6) is 0. The van der Waals surface area contributed by atoms with Crippen molar-refractivity contribution in [3.05, 3.63) is 42.6 Å². The lowest BCUT2D eigenvalue weighted by Gasteiger charge is -2.07. The van der Waals surface area contributed by atoms with E-state index in [-0.39, 0.29) is 5.56 Å². The summed E-state index contributed by atoms with van der Waals surface area (Å²) >= 11 is 0. The second kappa shape index (κ2) is 3.59. The van der Waals surface area contributed by atoms with Crippen LogP contribution in [0.3, 0.4) is 0 Å². The van der Waals surface area contributed by atoms with Gasteiger partial charge in [-0.1, -0.05) is 0 Å². The smallest absolute Gasteiger partial charge is 0.306 e. The number of imidazole rings is 1. The molecule has 0 aliphatic carbocycles. The summed E-state index contributed by atoms with van der Waals surface area (Å²) in [5, 5.41) is 5.45. The lowest BCUT2D eigenvalue weighted by atomic mass is 10.1. The van der Waals surface area contributed by atoms with Gasteiger partial charge in [0, 0.05) is 29.7 Å². The van der Waals surface area contributed by atoms with Crippen molar-refractivity contribution in [2.24, 2.45) is 0 Å². The van der Waals surface area contributed by atoms with Crippen LogP contribution >= 0.6 is 0 Å². The monoisotopic (exact) mass is 252 g/mol. The molecule has 0 aromatic carbocycles. The van der Waals surface area contributed by atoms with Crippen molar-refractivity contribution >= 4 is 5.65 Å². The Kier molecular flexibility index (Phi) is 2.16. The highest BCUT2D eigenvalue weighted by Crippen LogP contribution is 2.35. The molecule has 0 aliphatic rings. The van der Waals surface area contributed by atoms with Gasteiger partial charge in [0.25, 0.3) is 0 Å². The summed E-state index contributed by atoms with van der Waals surface area (Å²) in [6.45, 7) is 0. The first-order valence-corrected chi connectivity index (χ1v) is 5.09. The zero-order valence-corrected chi connectivity index (χ0v) is 8.94. The van der Waals surface area contributed by atoms with E-state index in [1.165, 1.54) is 6.20 Å². The van der Waals surface area contributed by atoms with E-state index < -0.39 is 11.9 Å². The Morgan fingerprint density at radius 3 is 2.83 bits per heavy atom. The Balaban J connectivity index is 2.17. The Labute approximate surface area is 99.1 Å². The number of hydrogen-bond donors (Lipinski definition) is 1. The predicted octanol–water partition coefficient (Wildman–Crippen LogP) is 2.74. The number of alkyl halides is 3. The Morgan fingerprint density at radius 1 is 1.22 bits per heavy atom. The third kappa shape index (κ3) is 1.64. The molecule has 0 fully saturated rings. The lowest BCUT2D eigenvalue weighted by Crippen LogP contribution is -2.07. The number of hydrogen-bond acceptors (Lipinski definition) is 2. The molecule has 0 aliphatic heterocycles. The standard InChI is InChI=1S/C11H7F3N4/c12-11(13,14)10-8(5-16-17-10)7-1-2-9-15-3-4-18(9)6-7/h1-6H,(H,16,17). The van der Waals surface area contributed by atoms with Gasteiger partial charge >= 0.3 is 6.18 Å². The van der Waals surface area contributed by atoms with Gasteiger partial charge in [0.2, 0.25) is 0 Å². The summed E-state index contributed by atoms with van der Waals surface area (Å²) in [7, 11) is 0. The van der Waals surface area contributed by atoms with Gasteiger partial charge in [-0.3, -0.25) is 5.10 Å². The molecule has 3 aromatic rings. The highest BCUT2D eigenvalue weighted by atomic mass is 19.4. The minimum absolute atomic E-state index is 0.0260. The zero-order chi connectivity index (χ0) is 12.8. The van der Waals surface area contributed by atoms with Crippen LogP contribution in [0.15, 0.2) is 36.9 Å². The molecule has 1 N–H and O–H groups in total. The van der Waals surface area contributed by atoms with Crippen molar-refractivity contribution in [1.29, 1.82) is 0 Å². The SMILES string of the molecule is FC(F)(F)c1[nH]ncc1-c1ccc2nccn2c1. The van der Waals surface area contributed by atoms with E-state index in [0.717, 1.165) is 0 Å². The first kappa shape index (κ1) is 10.8. The average molecular weight is 252 g/mol. The number of nitrogens with one attached hydrogen (secondary N) is 1. The summed E-state index contributed by atoms with van der Waals surface area (Å²) < 4.78 is 39.8. The third-order valence-corrected chi connectivity index (χ3v) is 2.62. The van der Waals surface area contributed by atoms with Crippen molar-refractivity contribution < 1.29 is 13.2 Å². The van der Waals surface area contributed by atoms with Crippen LogP contribution in [-0.4, -0.2) is 19.6 Å². The van der Waals surface area contributed by atoms with Gasteiger partial charge in [0.15, 0.2) is 0 Å². The van der Waals surface area contributed by atoms with E-state index in [9.17, 15) is 13.2 Å². The van der Waals surface area contributed by atoms with Crippen LogP contribution in [0.2, 0.25) is 0 Å². The van der Waals surface area contributed by atoms with Gasteiger partial charge in [0.1, 0.15) is 11.3 Å². The van der Waals surface area contributed by atoms with Crippen LogP contribution in [0.5, 0.6) is 0 Å². The van der Waals surface area contributed by atoms with Crippen molar-refractivity contribution in [2.75, 3.05) is 0 Å². The quantitative estimate of drug-likeness (QED) is 0.723. The maximum atomic E-state index is 12.7. The molecule has 0 radical (unpaired) electrons. The Hall–Kier alpha value is -2.31. The largest absolute Gasteiger partial charge is 0.433 e. The molecule has 0 bridgehead atoms. The predicted molar refractivity (Wildman–Crippen MR) is 57.8 cm³/mol. The molecule has 3 rings (SSSR count). The molecule has 0 saturated heterocycles. The van der Waals surface area contributed by atoms with Gasteiger partial charge < -0.3 is 4.40 Å². The van der Waals surface area contributed by atoms with E-state index in [1.807, 2.05) is 5.10 Å². The summed E-state index contributed by atoms with van der Waals surface area (Å²) in [6.07, 6.45) is 1.56. The topological polar surface area (TPSA) is 46.0 Å². The fourth-order valence-corrected chi connectivity index (χ4v) is 1.80. The molecular formula is C11H7F3N4. The van der Waals surface area contributed by atoms with Gasteiger partial charge in [-0.15, -0.1) is 0 Å². The highest BCUT2D eigenvalue weighted by Gasteiger charge is 2.35. The highest BCUT2D eigenvalue weighted by molar-refractivity contribution is 5.66. The normalized spacial score (nSPS) is 12.2. The van der Waals surface area contributed by atoms with Crippen molar-refractivity contribution in [3.8, 4) is 11.1 Å². The van der Waals surface area contributed by atoms with Gasteiger partial charge in [0.05, 0.1) is 6.20 Å². The summed E-state index contributed by atoms with van der Waals surface area (Å²) in [4.78, 5) is 4.03. The third-order valence-electron chi connectivity index (χ3n) is 2.62. The van der Waals surface area contributed by atoms with Crippen LogP contribution in [-0.2, 0) is 6.18 Å². The molecule has 0 unspecified atom stereocenters. The van der Waals surface area contributed by atoms with Crippen molar-refractivity contribution in [2.45, 2.75) is 6.18 Å². The van der Waals surface area contributed by atoms with Gasteiger partial charge in [-0.2, -0.15) is 18.3 Å². The summed E-state index contributed by atoms with van der Waals surface area (Å²) in [5.41, 5.74) is 0.289. The van der Waals surface area contributed by atoms with Crippen molar-refractivity contribution in [1.82, 2.24) is 19.6 Å². The van der Waals surface area contributed by atoms with Crippen LogP contribution in [0, 0.1) is 0 Å². The molecule has 0 saturated carbocycles. The van der Waals surface area contributed by atoms with Crippen LogP contribution in [0.1, 0.15) is 5.69 Å². The van der Waals surface area contributed by atoms with Crippen LogP contribution in [0.25, 0.3) is 16.8 Å². The number of pyridine rings is 1. The Morgan fingerprint density at radius 2 is 2.06 bits per heavy atom. The summed E-state index contributed by atoms with van der Waals surface area (Å²) in [6, 6.07) is 3.24.